The van der Waals surface area contributed by atoms with E-state index in [1.807, 2.05) is 75.4 Å². The highest BCUT2D eigenvalue weighted by Crippen LogP contribution is 2.31. The lowest BCUT2D eigenvalue weighted by Crippen LogP contribution is -2.44. The predicted octanol–water partition coefficient (Wildman–Crippen LogP) is 4.34. The largest absolute Gasteiger partial charge is 0.460 e. The second-order valence-corrected chi connectivity index (χ2v) is 7.71. The number of amides is 1. The quantitative estimate of drug-likeness (QED) is 0.757. The smallest absolute Gasteiger partial charge is 0.414 e. The second kappa shape index (κ2) is 7.82. The summed E-state index contributed by atoms with van der Waals surface area (Å²) in [7, 11) is 0. The van der Waals surface area contributed by atoms with Gasteiger partial charge in [0.25, 0.3) is 0 Å². The summed E-state index contributed by atoms with van der Waals surface area (Å²) in [5, 5.41) is 0. The summed E-state index contributed by atoms with van der Waals surface area (Å²) in [4.78, 5) is 26.8. The van der Waals surface area contributed by atoms with Gasteiger partial charge in [-0.05, 0) is 44.4 Å². The molecule has 0 aliphatic carbocycles. The standard InChI is InChI=1S/C22H25NO4/c1-22(2,3)27-20(24)18-13-17-11-7-8-12-19(17)23(14-18)21(25)26-15-16-9-5-4-6-10-16/h4-12,18H,13-15H2,1-3H3. The van der Waals surface area contributed by atoms with Crippen molar-refractivity contribution >= 4 is 17.7 Å². The van der Waals surface area contributed by atoms with Crippen LogP contribution in [-0.2, 0) is 27.3 Å². The van der Waals surface area contributed by atoms with E-state index in [4.69, 9.17) is 9.47 Å². The van der Waals surface area contributed by atoms with Gasteiger partial charge in [-0.15, -0.1) is 0 Å². The number of nitrogens with zero attached hydrogens (tertiary/aromatic N) is 1. The van der Waals surface area contributed by atoms with Crippen molar-refractivity contribution in [2.45, 2.75) is 39.4 Å². The molecule has 1 atom stereocenters. The maximum absolute atomic E-state index is 12.7. The molecule has 0 aromatic heterocycles. The van der Waals surface area contributed by atoms with Crippen molar-refractivity contribution in [3.8, 4) is 0 Å². The summed E-state index contributed by atoms with van der Waals surface area (Å²) in [6.07, 6.45) is 0.0904. The summed E-state index contributed by atoms with van der Waals surface area (Å²) in [5.41, 5.74) is 2.08. The number of hydrogen-bond acceptors (Lipinski definition) is 4. The van der Waals surface area contributed by atoms with Gasteiger partial charge in [-0.2, -0.15) is 0 Å². The van der Waals surface area contributed by atoms with E-state index in [9.17, 15) is 9.59 Å². The Morgan fingerprint density at radius 3 is 2.41 bits per heavy atom. The fraction of sp³-hybridized carbons (Fsp3) is 0.364. The van der Waals surface area contributed by atoms with Gasteiger partial charge in [-0.25, -0.2) is 4.79 Å². The Morgan fingerprint density at radius 2 is 1.70 bits per heavy atom. The third-order valence-corrected chi connectivity index (χ3v) is 4.32. The number of ether oxygens (including phenoxy) is 2. The molecular weight excluding hydrogens is 342 g/mol. The van der Waals surface area contributed by atoms with Crippen LogP contribution in [0.5, 0.6) is 0 Å². The molecule has 1 aliphatic heterocycles. The molecule has 0 bridgehead atoms. The number of benzene rings is 2. The van der Waals surface area contributed by atoms with E-state index in [2.05, 4.69) is 0 Å². The summed E-state index contributed by atoms with van der Waals surface area (Å²) in [6, 6.07) is 17.1. The molecule has 27 heavy (non-hydrogen) atoms. The van der Waals surface area contributed by atoms with Crippen molar-refractivity contribution in [2.24, 2.45) is 5.92 Å². The summed E-state index contributed by atoms with van der Waals surface area (Å²) in [6.45, 7) is 5.96. The van der Waals surface area contributed by atoms with Crippen molar-refractivity contribution in [2.75, 3.05) is 11.4 Å². The number of hydrogen-bond donors (Lipinski definition) is 0. The van der Waals surface area contributed by atoms with Crippen LogP contribution in [-0.4, -0.2) is 24.2 Å². The van der Waals surface area contributed by atoms with E-state index in [-0.39, 0.29) is 19.1 Å². The van der Waals surface area contributed by atoms with Crippen LogP contribution in [0.4, 0.5) is 10.5 Å². The van der Waals surface area contributed by atoms with Crippen LogP contribution >= 0.6 is 0 Å². The predicted molar refractivity (Wildman–Crippen MR) is 103 cm³/mol. The van der Waals surface area contributed by atoms with Crippen molar-refractivity contribution in [1.82, 2.24) is 0 Å². The van der Waals surface area contributed by atoms with Crippen LogP contribution in [0.1, 0.15) is 31.9 Å². The molecule has 5 nitrogen and oxygen atoms in total. The average molecular weight is 367 g/mol. The first-order valence-corrected chi connectivity index (χ1v) is 9.12. The molecule has 0 saturated carbocycles. The highest BCUT2D eigenvalue weighted by atomic mass is 16.6. The number of carbonyl (C=O) groups excluding carboxylic acids is 2. The van der Waals surface area contributed by atoms with Crippen LogP contribution < -0.4 is 4.90 Å². The van der Waals surface area contributed by atoms with Crippen molar-refractivity contribution in [3.63, 3.8) is 0 Å². The number of esters is 1. The van der Waals surface area contributed by atoms with Gasteiger partial charge in [0, 0.05) is 6.54 Å². The normalized spacial score (nSPS) is 16.4. The molecule has 1 heterocycles. The molecule has 0 radical (unpaired) electrons. The molecule has 0 fully saturated rings. The Balaban J connectivity index is 1.76. The van der Waals surface area contributed by atoms with Crippen molar-refractivity contribution in [3.05, 3.63) is 65.7 Å². The third-order valence-electron chi connectivity index (χ3n) is 4.32. The van der Waals surface area contributed by atoms with E-state index < -0.39 is 17.6 Å². The third kappa shape index (κ3) is 4.88. The molecule has 1 unspecified atom stereocenters. The van der Waals surface area contributed by atoms with Gasteiger partial charge in [0.2, 0.25) is 0 Å². The Kier molecular flexibility index (Phi) is 5.49. The fourth-order valence-corrected chi connectivity index (χ4v) is 3.11. The number of rotatable bonds is 3. The Hall–Kier alpha value is -2.82. The SMILES string of the molecule is CC(C)(C)OC(=O)C1Cc2ccccc2N(C(=O)OCc2ccccc2)C1. The monoisotopic (exact) mass is 367 g/mol. The molecule has 0 N–H and O–H groups in total. The van der Waals surface area contributed by atoms with Gasteiger partial charge in [0.15, 0.2) is 0 Å². The van der Waals surface area contributed by atoms with Crippen LogP contribution in [0.25, 0.3) is 0 Å². The zero-order valence-electron chi connectivity index (χ0n) is 16.0. The molecule has 2 aromatic rings. The molecule has 142 valence electrons. The number of anilines is 1. The van der Waals surface area contributed by atoms with Crippen LogP contribution in [0.3, 0.4) is 0 Å². The molecular formula is C22H25NO4. The Bertz CT molecular complexity index is 811. The zero-order chi connectivity index (χ0) is 19.4. The first-order chi connectivity index (χ1) is 12.8. The molecule has 1 amide bonds. The van der Waals surface area contributed by atoms with Crippen molar-refractivity contribution in [1.29, 1.82) is 0 Å². The minimum atomic E-state index is -0.563. The highest BCUT2D eigenvalue weighted by Gasteiger charge is 2.35. The van der Waals surface area contributed by atoms with E-state index in [0.29, 0.717) is 6.42 Å². The van der Waals surface area contributed by atoms with Gasteiger partial charge in [0.05, 0.1) is 11.6 Å². The molecule has 3 rings (SSSR count). The van der Waals surface area contributed by atoms with Crippen molar-refractivity contribution < 1.29 is 19.1 Å². The van der Waals surface area contributed by atoms with E-state index in [0.717, 1.165) is 16.8 Å². The topological polar surface area (TPSA) is 55.8 Å². The zero-order valence-corrected chi connectivity index (χ0v) is 16.0. The number of carbonyl (C=O) groups is 2. The van der Waals surface area contributed by atoms with E-state index in [1.54, 1.807) is 0 Å². The minimum absolute atomic E-state index is 0.190. The average Bonchev–Trinajstić information content (AvgIpc) is 2.64. The first-order valence-electron chi connectivity index (χ1n) is 9.12. The molecule has 2 aromatic carbocycles. The lowest BCUT2D eigenvalue weighted by Gasteiger charge is -2.34. The van der Waals surface area contributed by atoms with Crippen LogP contribution in [0.15, 0.2) is 54.6 Å². The van der Waals surface area contributed by atoms with E-state index >= 15 is 0 Å². The Morgan fingerprint density at radius 1 is 1.04 bits per heavy atom. The molecule has 0 spiro atoms. The van der Waals surface area contributed by atoms with Crippen LogP contribution in [0.2, 0.25) is 0 Å². The van der Waals surface area contributed by atoms with Gasteiger partial charge in [-0.3, -0.25) is 9.69 Å². The maximum atomic E-state index is 12.7. The number of para-hydroxylation sites is 1. The second-order valence-electron chi connectivity index (χ2n) is 7.71. The van der Waals surface area contributed by atoms with Gasteiger partial charge >= 0.3 is 12.1 Å². The highest BCUT2D eigenvalue weighted by molar-refractivity contribution is 5.91. The fourth-order valence-electron chi connectivity index (χ4n) is 3.11. The summed E-state index contributed by atoms with van der Waals surface area (Å²) < 4.78 is 11.0. The van der Waals surface area contributed by atoms with E-state index in [1.165, 1.54) is 4.90 Å². The summed E-state index contributed by atoms with van der Waals surface area (Å²) >= 11 is 0. The lowest BCUT2D eigenvalue weighted by atomic mass is 9.92. The first kappa shape index (κ1) is 19.0. The minimum Gasteiger partial charge on any atom is -0.460 e. The lowest BCUT2D eigenvalue weighted by molar-refractivity contribution is -0.159. The summed E-state index contributed by atoms with van der Waals surface area (Å²) in [5.74, 6) is -0.707. The Labute approximate surface area is 159 Å². The number of fused-ring (bicyclic) bond motifs is 1. The maximum Gasteiger partial charge on any atom is 0.414 e. The molecule has 5 heteroatoms. The molecule has 0 saturated heterocycles. The van der Waals surface area contributed by atoms with Gasteiger partial charge in [-0.1, -0.05) is 48.5 Å². The van der Waals surface area contributed by atoms with Gasteiger partial charge < -0.3 is 9.47 Å². The van der Waals surface area contributed by atoms with Gasteiger partial charge in [0.1, 0.15) is 12.2 Å². The molecule has 1 aliphatic rings. The van der Waals surface area contributed by atoms with Crippen LogP contribution in [0, 0.1) is 5.92 Å².